The number of hydrogen-bond acceptors (Lipinski definition) is 3. The van der Waals surface area contributed by atoms with Gasteiger partial charge in [-0.1, -0.05) is 6.07 Å². The van der Waals surface area contributed by atoms with Gasteiger partial charge in [0.1, 0.15) is 0 Å². The standard InChI is InChI=1S/C12H8ClF3N4O/c13-10-17-5-9(6-18-10)20-11(21)19-8-3-1-2-7(4-8)12(14,15)16/h1-6H,(H2,19,20,21). The molecule has 2 amide bonds. The molecule has 0 atom stereocenters. The molecule has 0 radical (unpaired) electrons. The van der Waals surface area contributed by atoms with Crippen molar-refractivity contribution in [3.05, 3.63) is 47.5 Å². The first kappa shape index (κ1) is 15.0. The molecule has 1 aromatic heterocycles. The van der Waals surface area contributed by atoms with Crippen molar-refractivity contribution in [1.82, 2.24) is 9.97 Å². The molecule has 0 fully saturated rings. The number of hydrogen-bond donors (Lipinski definition) is 2. The molecule has 5 nitrogen and oxygen atoms in total. The molecule has 0 spiro atoms. The van der Waals surface area contributed by atoms with Crippen molar-refractivity contribution in [2.24, 2.45) is 0 Å². The van der Waals surface area contributed by atoms with E-state index in [0.717, 1.165) is 12.1 Å². The number of carbonyl (C=O) groups is 1. The average Bonchev–Trinajstić information content (AvgIpc) is 2.41. The molecule has 2 N–H and O–H groups in total. The van der Waals surface area contributed by atoms with E-state index in [1.165, 1.54) is 24.5 Å². The van der Waals surface area contributed by atoms with Crippen LogP contribution in [0.4, 0.5) is 29.3 Å². The van der Waals surface area contributed by atoms with Gasteiger partial charge in [-0.3, -0.25) is 0 Å². The van der Waals surface area contributed by atoms with Crippen molar-refractivity contribution >= 4 is 29.0 Å². The molecule has 0 aliphatic carbocycles. The molecule has 0 aliphatic heterocycles. The highest BCUT2D eigenvalue weighted by Crippen LogP contribution is 2.30. The molecule has 2 aromatic rings. The lowest BCUT2D eigenvalue weighted by molar-refractivity contribution is -0.137. The molecule has 9 heteroatoms. The van der Waals surface area contributed by atoms with Gasteiger partial charge in [0.15, 0.2) is 0 Å². The van der Waals surface area contributed by atoms with Crippen LogP contribution in [0.25, 0.3) is 0 Å². The van der Waals surface area contributed by atoms with Gasteiger partial charge < -0.3 is 10.6 Å². The van der Waals surface area contributed by atoms with E-state index in [4.69, 9.17) is 11.6 Å². The molecule has 0 unspecified atom stereocenters. The highest BCUT2D eigenvalue weighted by molar-refractivity contribution is 6.28. The maximum Gasteiger partial charge on any atom is 0.416 e. The minimum Gasteiger partial charge on any atom is -0.308 e. The summed E-state index contributed by atoms with van der Waals surface area (Å²) >= 11 is 5.48. The molecule has 2 rings (SSSR count). The third kappa shape index (κ3) is 4.32. The number of anilines is 2. The highest BCUT2D eigenvalue weighted by atomic mass is 35.5. The van der Waals surface area contributed by atoms with E-state index in [0.29, 0.717) is 0 Å². The first-order chi connectivity index (χ1) is 9.84. The number of urea groups is 1. The molecule has 0 saturated carbocycles. The lowest BCUT2D eigenvalue weighted by Gasteiger charge is -2.10. The van der Waals surface area contributed by atoms with Crippen molar-refractivity contribution in [1.29, 1.82) is 0 Å². The van der Waals surface area contributed by atoms with Crippen LogP contribution in [0.15, 0.2) is 36.7 Å². The predicted molar refractivity (Wildman–Crippen MR) is 71.1 cm³/mol. The second-order valence-corrected chi connectivity index (χ2v) is 4.24. The monoisotopic (exact) mass is 316 g/mol. The summed E-state index contributed by atoms with van der Waals surface area (Å²) < 4.78 is 37.6. The average molecular weight is 317 g/mol. The Morgan fingerprint density at radius 3 is 2.33 bits per heavy atom. The van der Waals surface area contributed by atoms with Crippen LogP contribution < -0.4 is 10.6 Å². The van der Waals surface area contributed by atoms with E-state index < -0.39 is 17.8 Å². The van der Waals surface area contributed by atoms with Crippen LogP contribution in [0.2, 0.25) is 5.28 Å². The van der Waals surface area contributed by atoms with Crippen molar-refractivity contribution in [2.75, 3.05) is 10.6 Å². The Morgan fingerprint density at radius 1 is 1.10 bits per heavy atom. The number of carbonyl (C=O) groups excluding carboxylic acids is 1. The number of alkyl halides is 3. The van der Waals surface area contributed by atoms with E-state index in [-0.39, 0.29) is 16.7 Å². The number of nitrogens with zero attached hydrogens (tertiary/aromatic N) is 2. The van der Waals surface area contributed by atoms with Crippen LogP contribution in [-0.2, 0) is 6.18 Å². The predicted octanol–water partition coefficient (Wildman–Crippen LogP) is 3.79. The third-order valence-electron chi connectivity index (χ3n) is 2.33. The number of benzene rings is 1. The summed E-state index contributed by atoms with van der Waals surface area (Å²) in [5.74, 6) is 0. The van der Waals surface area contributed by atoms with Crippen molar-refractivity contribution in [3.63, 3.8) is 0 Å². The van der Waals surface area contributed by atoms with Crippen LogP contribution in [0.5, 0.6) is 0 Å². The minimum absolute atomic E-state index is 0.0113. The third-order valence-corrected chi connectivity index (χ3v) is 2.52. The molecule has 0 aliphatic rings. The van der Waals surface area contributed by atoms with Gasteiger partial charge in [0.05, 0.1) is 23.6 Å². The van der Waals surface area contributed by atoms with Crippen LogP contribution in [0, 0.1) is 0 Å². The Balaban J connectivity index is 2.04. The zero-order valence-corrected chi connectivity index (χ0v) is 11.0. The van der Waals surface area contributed by atoms with Gasteiger partial charge in [-0.05, 0) is 29.8 Å². The topological polar surface area (TPSA) is 66.9 Å². The summed E-state index contributed by atoms with van der Waals surface area (Å²) in [6.07, 6.45) is -1.94. The first-order valence-electron chi connectivity index (χ1n) is 5.57. The maximum atomic E-state index is 12.5. The van der Waals surface area contributed by atoms with E-state index >= 15 is 0 Å². The molecule has 0 bridgehead atoms. The number of nitrogens with one attached hydrogen (secondary N) is 2. The largest absolute Gasteiger partial charge is 0.416 e. The van der Waals surface area contributed by atoms with Crippen molar-refractivity contribution < 1.29 is 18.0 Å². The fourth-order valence-corrected chi connectivity index (χ4v) is 1.54. The van der Waals surface area contributed by atoms with E-state index in [2.05, 4.69) is 20.6 Å². The van der Waals surface area contributed by atoms with Crippen LogP contribution in [-0.4, -0.2) is 16.0 Å². The normalized spacial score (nSPS) is 11.0. The summed E-state index contributed by atoms with van der Waals surface area (Å²) in [6.45, 7) is 0. The molecule has 1 heterocycles. The highest BCUT2D eigenvalue weighted by Gasteiger charge is 2.30. The SMILES string of the molecule is O=C(Nc1cnc(Cl)nc1)Nc1cccc(C(F)(F)F)c1. The van der Waals surface area contributed by atoms with Crippen LogP contribution in [0.1, 0.15) is 5.56 Å². The van der Waals surface area contributed by atoms with Crippen LogP contribution >= 0.6 is 11.6 Å². The smallest absolute Gasteiger partial charge is 0.308 e. The molecule has 21 heavy (non-hydrogen) atoms. The Kier molecular flexibility index (Phi) is 4.27. The quantitative estimate of drug-likeness (QED) is 0.828. The zero-order chi connectivity index (χ0) is 15.5. The summed E-state index contributed by atoms with van der Waals surface area (Å²) in [6, 6.07) is 3.56. The van der Waals surface area contributed by atoms with Gasteiger partial charge in [0, 0.05) is 5.69 Å². The summed E-state index contributed by atoms with van der Waals surface area (Å²) in [4.78, 5) is 18.9. The lowest BCUT2D eigenvalue weighted by Crippen LogP contribution is -2.20. The van der Waals surface area contributed by atoms with Gasteiger partial charge in [-0.25, -0.2) is 14.8 Å². The molecular weight excluding hydrogens is 309 g/mol. The second-order valence-electron chi connectivity index (χ2n) is 3.90. The first-order valence-corrected chi connectivity index (χ1v) is 5.95. The summed E-state index contributed by atoms with van der Waals surface area (Å²) in [7, 11) is 0. The second kappa shape index (κ2) is 5.96. The van der Waals surface area contributed by atoms with E-state index in [1.54, 1.807) is 0 Å². The molecule has 1 aromatic carbocycles. The zero-order valence-electron chi connectivity index (χ0n) is 10.3. The van der Waals surface area contributed by atoms with Gasteiger partial charge >= 0.3 is 12.2 Å². The molecular formula is C12H8ClF3N4O. The van der Waals surface area contributed by atoms with Crippen LogP contribution in [0.3, 0.4) is 0 Å². The molecule has 0 saturated heterocycles. The molecule has 110 valence electrons. The lowest BCUT2D eigenvalue weighted by atomic mass is 10.2. The Bertz CT molecular complexity index is 646. The number of aromatic nitrogens is 2. The Morgan fingerprint density at radius 2 is 1.71 bits per heavy atom. The fourth-order valence-electron chi connectivity index (χ4n) is 1.44. The number of rotatable bonds is 2. The van der Waals surface area contributed by atoms with Crippen molar-refractivity contribution in [3.8, 4) is 0 Å². The Labute approximate surface area is 122 Å². The summed E-state index contributed by atoms with van der Waals surface area (Å²) in [5.41, 5.74) is -0.587. The van der Waals surface area contributed by atoms with E-state index in [9.17, 15) is 18.0 Å². The minimum atomic E-state index is -4.47. The van der Waals surface area contributed by atoms with Crippen molar-refractivity contribution in [2.45, 2.75) is 6.18 Å². The number of halogens is 4. The Hall–Kier alpha value is -2.35. The van der Waals surface area contributed by atoms with Gasteiger partial charge in [0.25, 0.3) is 0 Å². The van der Waals surface area contributed by atoms with Gasteiger partial charge in [0.2, 0.25) is 5.28 Å². The number of amides is 2. The summed E-state index contributed by atoms with van der Waals surface area (Å²) in [5, 5.41) is 4.65. The van der Waals surface area contributed by atoms with Gasteiger partial charge in [-0.2, -0.15) is 13.2 Å². The maximum absolute atomic E-state index is 12.5. The van der Waals surface area contributed by atoms with Gasteiger partial charge in [-0.15, -0.1) is 0 Å². The fraction of sp³-hybridized carbons (Fsp3) is 0.0833. The van der Waals surface area contributed by atoms with E-state index in [1.807, 2.05) is 0 Å².